The summed E-state index contributed by atoms with van der Waals surface area (Å²) in [5, 5.41) is 14.3. The fraction of sp³-hybridized carbons (Fsp3) is 0.400. The van der Waals surface area contributed by atoms with Gasteiger partial charge in [-0.25, -0.2) is 4.79 Å². The zero-order valence-electron chi connectivity index (χ0n) is 10.8. The van der Waals surface area contributed by atoms with Crippen LogP contribution in [0.25, 0.3) is 0 Å². The number of hydrogen-bond donors (Lipinski definition) is 3. The number of aliphatic hydroxyl groups excluding tert-OH is 1. The summed E-state index contributed by atoms with van der Waals surface area (Å²) in [6.45, 7) is 0.605. The number of rotatable bonds is 4. The molecule has 1 saturated carbocycles. The lowest BCUT2D eigenvalue weighted by Crippen LogP contribution is -2.36. The van der Waals surface area contributed by atoms with E-state index >= 15 is 0 Å². The molecule has 2 rings (SSSR count). The van der Waals surface area contributed by atoms with Gasteiger partial charge in [0.1, 0.15) is 0 Å². The predicted molar refractivity (Wildman–Crippen MR) is 73.4 cm³/mol. The number of hydrogen-bond acceptors (Lipinski definition) is 2. The molecule has 0 heterocycles. The second-order valence-corrected chi connectivity index (χ2v) is 4.57. The molecule has 1 aliphatic carbocycles. The second-order valence-electron chi connectivity index (χ2n) is 4.57. The van der Waals surface area contributed by atoms with Gasteiger partial charge in [-0.1, -0.05) is 24.0 Å². The summed E-state index contributed by atoms with van der Waals surface area (Å²) >= 11 is 0. The zero-order chi connectivity index (χ0) is 13.5. The van der Waals surface area contributed by atoms with Crippen molar-refractivity contribution in [3.8, 4) is 11.8 Å². The summed E-state index contributed by atoms with van der Waals surface area (Å²) < 4.78 is 0. The molecule has 19 heavy (non-hydrogen) atoms. The van der Waals surface area contributed by atoms with Crippen molar-refractivity contribution in [2.24, 2.45) is 0 Å². The van der Waals surface area contributed by atoms with E-state index in [1.165, 1.54) is 0 Å². The summed E-state index contributed by atoms with van der Waals surface area (Å²) in [6.07, 6.45) is 2.67. The van der Waals surface area contributed by atoms with E-state index in [4.69, 9.17) is 5.11 Å². The van der Waals surface area contributed by atoms with Crippen LogP contribution in [0.4, 0.5) is 4.79 Å². The molecule has 0 saturated heterocycles. The SMILES string of the molecule is O=C(NCc1ccc(C#CCCO)cc1)NC1CC1. The third-order valence-corrected chi connectivity index (χ3v) is 2.79. The van der Waals surface area contributed by atoms with Crippen LogP contribution in [-0.2, 0) is 6.54 Å². The smallest absolute Gasteiger partial charge is 0.315 e. The monoisotopic (exact) mass is 258 g/mol. The Balaban J connectivity index is 1.78. The Labute approximate surface area is 113 Å². The van der Waals surface area contributed by atoms with Crippen LogP contribution in [0.2, 0.25) is 0 Å². The largest absolute Gasteiger partial charge is 0.395 e. The highest BCUT2D eigenvalue weighted by Gasteiger charge is 2.22. The lowest BCUT2D eigenvalue weighted by atomic mass is 10.1. The first-order valence-corrected chi connectivity index (χ1v) is 6.51. The van der Waals surface area contributed by atoms with Crippen molar-refractivity contribution in [1.82, 2.24) is 10.6 Å². The average molecular weight is 258 g/mol. The van der Waals surface area contributed by atoms with Gasteiger partial charge in [-0.3, -0.25) is 0 Å². The molecule has 0 atom stereocenters. The van der Waals surface area contributed by atoms with Crippen LogP contribution in [0.1, 0.15) is 30.4 Å². The quantitative estimate of drug-likeness (QED) is 0.715. The van der Waals surface area contributed by atoms with Gasteiger partial charge in [0.2, 0.25) is 0 Å². The molecular weight excluding hydrogens is 240 g/mol. The van der Waals surface area contributed by atoms with E-state index in [0.29, 0.717) is 19.0 Å². The van der Waals surface area contributed by atoms with Crippen LogP contribution in [0.3, 0.4) is 0 Å². The molecule has 1 aromatic rings. The van der Waals surface area contributed by atoms with E-state index in [9.17, 15) is 4.79 Å². The Morgan fingerprint density at radius 2 is 2.05 bits per heavy atom. The van der Waals surface area contributed by atoms with Crippen LogP contribution in [0, 0.1) is 11.8 Å². The Morgan fingerprint density at radius 3 is 2.68 bits per heavy atom. The van der Waals surface area contributed by atoms with E-state index in [-0.39, 0.29) is 12.6 Å². The van der Waals surface area contributed by atoms with Crippen molar-refractivity contribution in [3.63, 3.8) is 0 Å². The topological polar surface area (TPSA) is 61.4 Å². The van der Waals surface area contributed by atoms with Crippen LogP contribution >= 0.6 is 0 Å². The standard InChI is InChI=1S/C15H18N2O2/c18-10-2-1-3-12-4-6-13(7-5-12)11-16-15(19)17-14-8-9-14/h4-7,14,18H,2,8-11H2,(H2,16,17,19). The number of aliphatic hydroxyl groups is 1. The van der Waals surface area contributed by atoms with Crippen molar-refractivity contribution in [2.75, 3.05) is 6.61 Å². The fourth-order valence-corrected chi connectivity index (χ4v) is 1.57. The highest BCUT2D eigenvalue weighted by atomic mass is 16.2. The zero-order valence-corrected chi connectivity index (χ0v) is 10.8. The van der Waals surface area contributed by atoms with E-state index in [1.807, 2.05) is 24.3 Å². The number of carbonyl (C=O) groups is 1. The second kappa shape index (κ2) is 6.81. The minimum atomic E-state index is -0.102. The molecule has 2 amide bonds. The molecule has 0 radical (unpaired) electrons. The lowest BCUT2D eigenvalue weighted by Gasteiger charge is -2.06. The molecule has 0 unspecified atom stereocenters. The highest BCUT2D eigenvalue weighted by Crippen LogP contribution is 2.18. The van der Waals surface area contributed by atoms with Crippen LogP contribution < -0.4 is 10.6 Å². The van der Waals surface area contributed by atoms with Gasteiger partial charge >= 0.3 is 6.03 Å². The Hall–Kier alpha value is -1.99. The van der Waals surface area contributed by atoms with E-state index in [0.717, 1.165) is 24.0 Å². The van der Waals surface area contributed by atoms with Gasteiger partial charge in [0.15, 0.2) is 0 Å². The minimum absolute atomic E-state index is 0.0884. The third kappa shape index (κ3) is 5.02. The maximum atomic E-state index is 11.4. The Bertz CT molecular complexity index is 481. The molecule has 1 aliphatic rings. The normalized spacial score (nSPS) is 13.3. The van der Waals surface area contributed by atoms with Crippen molar-refractivity contribution >= 4 is 6.03 Å². The average Bonchev–Trinajstić information content (AvgIpc) is 3.22. The summed E-state index contributed by atoms with van der Waals surface area (Å²) in [5.74, 6) is 5.83. The van der Waals surface area contributed by atoms with E-state index in [1.54, 1.807) is 0 Å². The molecule has 0 bridgehead atoms. The molecule has 100 valence electrons. The first-order chi connectivity index (χ1) is 9.28. The van der Waals surface area contributed by atoms with Crippen LogP contribution in [-0.4, -0.2) is 23.8 Å². The number of nitrogens with one attached hydrogen (secondary N) is 2. The number of carbonyl (C=O) groups excluding carboxylic acids is 1. The molecule has 0 aliphatic heterocycles. The minimum Gasteiger partial charge on any atom is -0.395 e. The Morgan fingerprint density at radius 1 is 1.32 bits per heavy atom. The number of urea groups is 1. The Kier molecular flexibility index (Phi) is 4.82. The van der Waals surface area contributed by atoms with Gasteiger partial charge in [0, 0.05) is 24.6 Å². The lowest BCUT2D eigenvalue weighted by molar-refractivity contribution is 0.240. The van der Waals surface area contributed by atoms with Gasteiger partial charge < -0.3 is 15.7 Å². The van der Waals surface area contributed by atoms with E-state index in [2.05, 4.69) is 22.5 Å². The predicted octanol–water partition coefficient (Wildman–Crippen LogP) is 1.38. The van der Waals surface area contributed by atoms with Gasteiger partial charge in [-0.15, -0.1) is 0 Å². The highest BCUT2D eigenvalue weighted by molar-refractivity contribution is 5.74. The van der Waals surface area contributed by atoms with Crippen molar-refractivity contribution in [2.45, 2.75) is 31.8 Å². The van der Waals surface area contributed by atoms with Gasteiger partial charge in [0.05, 0.1) is 6.61 Å². The van der Waals surface area contributed by atoms with Crippen LogP contribution in [0.15, 0.2) is 24.3 Å². The molecule has 4 heteroatoms. The fourth-order valence-electron chi connectivity index (χ4n) is 1.57. The number of amides is 2. The van der Waals surface area contributed by atoms with Gasteiger partial charge in [-0.2, -0.15) is 0 Å². The molecule has 0 spiro atoms. The summed E-state index contributed by atoms with van der Waals surface area (Å²) in [5.41, 5.74) is 1.96. The number of benzene rings is 1. The molecular formula is C15H18N2O2. The molecule has 0 aromatic heterocycles. The summed E-state index contributed by atoms with van der Waals surface area (Å²) in [6, 6.07) is 8.00. The summed E-state index contributed by atoms with van der Waals surface area (Å²) in [4.78, 5) is 11.4. The maximum Gasteiger partial charge on any atom is 0.315 e. The van der Waals surface area contributed by atoms with Crippen molar-refractivity contribution < 1.29 is 9.90 Å². The third-order valence-electron chi connectivity index (χ3n) is 2.79. The van der Waals surface area contributed by atoms with Crippen LogP contribution in [0.5, 0.6) is 0 Å². The molecule has 1 fully saturated rings. The molecule has 1 aromatic carbocycles. The van der Waals surface area contributed by atoms with Gasteiger partial charge in [0.25, 0.3) is 0 Å². The van der Waals surface area contributed by atoms with Crippen molar-refractivity contribution in [1.29, 1.82) is 0 Å². The molecule has 4 nitrogen and oxygen atoms in total. The maximum absolute atomic E-state index is 11.4. The first-order valence-electron chi connectivity index (χ1n) is 6.51. The summed E-state index contributed by atoms with van der Waals surface area (Å²) in [7, 11) is 0. The van der Waals surface area contributed by atoms with E-state index < -0.39 is 0 Å². The van der Waals surface area contributed by atoms with Crippen molar-refractivity contribution in [3.05, 3.63) is 35.4 Å². The van der Waals surface area contributed by atoms with Gasteiger partial charge in [-0.05, 0) is 30.5 Å². The molecule has 3 N–H and O–H groups in total. The first kappa shape index (κ1) is 13.4.